The van der Waals surface area contributed by atoms with Gasteiger partial charge in [0.05, 0.1) is 23.1 Å². The summed E-state index contributed by atoms with van der Waals surface area (Å²) in [5.41, 5.74) is 2.01. The summed E-state index contributed by atoms with van der Waals surface area (Å²) in [4.78, 5) is 13.1. The summed E-state index contributed by atoms with van der Waals surface area (Å²) in [6.45, 7) is 0.431. The molecule has 2 aromatic carbocycles. The Morgan fingerprint density at radius 3 is 2.88 bits per heavy atom. The number of carbonyl (C=O) groups is 1. The third kappa shape index (κ3) is 3.25. The van der Waals surface area contributed by atoms with E-state index in [-0.39, 0.29) is 11.7 Å². The molecular weight excluding hydrogens is 368 g/mol. The molecule has 6 nitrogen and oxygen atoms in total. The number of rotatable bonds is 6. The Bertz CT molecular complexity index is 1070. The molecule has 26 heavy (non-hydrogen) atoms. The van der Waals surface area contributed by atoms with Crippen molar-refractivity contribution >= 4 is 44.2 Å². The van der Waals surface area contributed by atoms with Crippen LogP contribution in [0.1, 0.15) is 5.56 Å². The lowest BCUT2D eigenvalue weighted by Crippen LogP contribution is -2.24. The quantitative estimate of drug-likeness (QED) is 0.516. The predicted octanol–water partition coefficient (Wildman–Crippen LogP) is 3.36. The molecule has 1 amide bonds. The molecule has 0 saturated heterocycles. The van der Waals surface area contributed by atoms with E-state index in [0.29, 0.717) is 6.54 Å². The number of methoxy groups -OCH3 is 1. The molecule has 4 aromatic rings. The molecule has 0 saturated carbocycles. The summed E-state index contributed by atoms with van der Waals surface area (Å²) >= 11 is 2.97. The van der Waals surface area contributed by atoms with E-state index in [1.807, 2.05) is 46.9 Å². The van der Waals surface area contributed by atoms with Crippen LogP contribution in [0.3, 0.4) is 0 Å². The Balaban J connectivity index is 1.42. The second kappa shape index (κ2) is 7.35. The molecule has 0 spiro atoms. The SMILES string of the molecule is COc1ccccc1CNC(=O)CSc1nnc2sc3ccccc3n12. The zero-order chi connectivity index (χ0) is 17.9. The van der Waals surface area contributed by atoms with Crippen molar-refractivity contribution in [2.24, 2.45) is 0 Å². The minimum atomic E-state index is -0.0582. The van der Waals surface area contributed by atoms with Crippen LogP contribution < -0.4 is 10.1 Å². The molecule has 4 rings (SSSR count). The highest BCUT2D eigenvalue weighted by atomic mass is 32.2. The van der Waals surface area contributed by atoms with Crippen LogP contribution in [0.4, 0.5) is 0 Å². The molecule has 0 atom stereocenters. The fourth-order valence-electron chi connectivity index (χ4n) is 2.67. The largest absolute Gasteiger partial charge is 0.496 e. The van der Waals surface area contributed by atoms with Gasteiger partial charge in [0.25, 0.3) is 0 Å². The number of para-hydroxylation sites is 2. The van der Waals surface area contributed by atoms with Crippen molar-refractivity contribution in [1.82, 2.24) is 19.9 Å². The van der Waals surface area contributed by atoms with Gasteiger partial charge in [-0.1, -0.05) is 53.4 Å². The van der Waals surface area contributed by atoms with Gasteiger partial charge in [-0.25, -0.2) is 0 Å². The smallest absolute Gasteiger partial charge is 0.230 e. The summed E-state index contributed by atoms with van der Waals surface area (Å²) < 4.78 is 8.45. The summed E-state index contributed by atoms with van der Waals surface area (Å²) in [6.07, 6.45) is 0. The summed E-state index contributed by atoms with van der Waals surface area (Å²) in [6, 6.07) is 15.7. The number of thioether (sulfide) groups is 1. The summed E-state index contributed by atoms with van der Waals surface area (Å²) in [5, 5.41) is 12.1. The molecular formula is C18H16N4O2S2. The summed E-state index contributed by atoms with van der Waals surface area (Å²) in [5.74, 6) is 0.988. The van der Waals surface area contributed by atoms with Crippen LogP contribution in [0.2, 0.25) is 0 Å². The first-order valence-electron chi connectivity index (χ1n) is 8.00. The Kier molecular flexibility index (Phi) is 4.77. The molecule has 8 heteroatoms. The lowest BCUT2D eigenvalue weighted by atomic mass is 10.2. The fourth-order valence-corrected chi connectivity index (χ4v) is 4.47. The average molecular weight is 384 g/mol. The lowest BCUT2D eigenvalue weighted by molar-refractivity contribution is -0.118. The minimum absolute atomic E-state index is 0.0582. The van der Waals surface area contributed by atoms with E-state index in [9.17, 15) is 4.79 Å². The third-order valence-electron chi connectivity index (χ3n) is 3.91. The van der Waals surface area contributed by atoms with Gasteiger partial charge in [0.15, 0.2) is 5.16 Å². The van der Waals surface area contributed by atoms with Crippen LogP contribution in [0.5, 0.6) is 5.75 Å². The van der Waals surface area contributed by atoms with E-state index in [2.05, 4.69) is 21.6 Å². The molecule has 2 aromatic heterocycles. The lowest BCUT2D eigenvalue weighted by Gasteiger charge is -2.09. The summed E-state index contributed by atoms with van der Waals surface area (Å²) in [7, 11) is 1.62. The van der Waals surface area contributed by atoms with Crippen LogP contribution in [0, 0.1) is 0 Å². The number of ether oxygens (including phenoxy) is 1. The van der Waals surface area contributed by atoms with Gasteiger partial charge in [-0.3, -0.25) is 9.20 Å². The zero-order valence-corrected chi connectivity index (χ0v) is 15.6. The Labute approximate surface area is 158 Å². The molecule has 0 aliphatic heterocycles. The van der Waals surface area contributed by atoms with Gasteiger partial charge >= 0.3 is 0 Å². The van der Waals surface area contributed by atoms with E-state index in [4.69, 9.17) is 4.74 Å². The first kappa shape index (κ1) is 16.9. The zero-order valence-electron chi connectivity index (χ0n) is 14.0. The molecule has 0 aliphatic carbocycles. The van der Waals surface area contributed by atoms with Gasteiger partial charge in [0.1, 0.15) is 5.75 Å². The normalized spacial score (nSPS) is 11.1. The number of hydrogen-bond donors (Lipinski definition) is 1. The Hall–Kier alpha value is -2.58. The van der Waals surface area contributed by atoms with Crippen LogP contribution in [-0.2, 0) is 11.3 Å². The van der Waals surface area contributed by atoms with Crippen LogP contribution >= 0.6 is 23.1 Å². The van der Waals surface area contributed by atoms with Crippen molar-refractivity contribution in [3.8, 4) is 5.75 Å². The highest BCUT2D eigenvalue weighted by Gasteiger charge is 2.14. The average Bonchev–Trinajstić information content (AvgIpc) is 3.24. The number of fused-ring (bicyclic) bond motifs is 3. The number of amides is 1. The van der Waals surface area contributed by atoms with E-state index in [1.54, 1.807) is 18.4 Å². The maximum Gasteiger partial charge on any atom is 0.230 e. The first-order chi connectivity index (χ1) is 12.8. The van der Waals surface area contributed by atoms with Crippen molar-refractivity contribution in [3.05, 3.63) is 54.1 Å². The fraction of sp³-hybridized carbons (Fsp3) is 0.167. The maximum atomic E-state index is 12.2. The molecule has 132 valence electrons. The minimum Gasteiger partial charge on any atom is -0.496 e. The number of carbonyl (C=O) groups excluding carboxylic acids is 1. The second-order valence-electron chi connectivity index (χ2n) is 5.55. The van der Waals surface area contributed by atoms with Gasteiger partial charge < -0.3 is 10.1 Å². The molecule has 0 bridgehead atoms. The number of aromatic nitrogens is 3. The van der Waals surface area contributed by atoms with Crippen molar-refractivity contribution < 1.29 is 9.53 Å². The van der Waals surface area contributed by atoms with E-state index >= 15 is 0 Å². The van der Waals surface area contributed by atoms with Crippen LogP contribution in [-0.4, -0.2) is 33.4 Å². The molecule has 1 N–H and O–H groups in total. The molecule has 0 fully saturated rings. The number of hydrogen-bond acceptors (Lipinski definition) is 6. The first-order valence-corrected chi connectivity index (χ1v) is 9.80. The number of nitrogens with zero attached hydrogens (tertiary/aromatic N) is 3. The monoisotopic (exact) mass is 384 g/mol. The van der Waals surface area contributed by atoms with Gasteiger partial charge in [0, 0.05) is 12.1 Å². The molecule has 0 aliphatic rings. The molecule has 0 radical (unpaired) electrons. The van der Waals surface area contributed by atoms with E-state index < -0.39 is 0 Å². The van der Waals surface area contributed by atoms with Crippen molar-refractivity contribution in [2.75, 3.05) is 12.9 Å². The number of nitrogens with one attached hydrogen (secondary N) is 1. The Morgan fingerprint density at radius 2 is 2.00 bits per heavy atom. The highest BCUT2D eigenvalue weighted by Crippen LogP contribution is 2.29. The third-order valence-corrected chi connectivity index (χ3v) is 5.85. The topological polar surface area (TPSA) is 68.5 Å². The second-order valence-corrected chi connectivity index (χ2v) is 7.50. The molecule has 0 unspecified atom stereocenters. The van der Waals surface area contributed by atoms with Crippen molar-refractivity contribution in [1.29, 1.82) is 0 Å². The van der Waals surface area contributed by atoms with Crippen LogP contribution in [0.25, 0.3) is 15.2 Å². The number of benzene rings is 2. The van der Waals surface area contributed by atoms with E-state index in [1.165, 1.54) is 11.8 Å². The van der Waals surface area contributed by atoms with Crippen molar-refractivity contribution in [3.63, 3.8) is 0 Å². The van der Waals surface area contributed by atoms with Gasteiger partial charge in [-0.2, -0.15) is 0 Å². The van der Waals surface area contributed by atoms with E-state index in [0.717, 1.165) is 31.6 Å². The Morgan fingerprint density at radius 1 is 1.19 bits per heavy atom. The molecule has 2 heterocycles. The highest BCUT2D eigenvalue weighted by molar-refractivity contribution is 7.99. The maximum absolute atomic E-state index is 12.2. The van der Waals surface area contributed by atoms with Gasteiger partial charge in [-0.05, 0) is 18.2 Å². The standard InChI is InChI=1S/C18H16N4O2S2/c1-24-14-8-4-2-6-12(14)10-19-16(23)11-25-17-20-21-18-22(17)13-7-3-5-9-15(13)26-18/h2-9H,10-11H2,1H3,(H,19,23). The van der Waals surface area contributed by atoms with Gasteiger partial charge in [-0.15, -0.1) is 10.2 Å². The predicted molar refractivity (Wildman–Crippen MR) is 104 cm³/mol. The van der Waals surface area contributed by atoms with Gasteiger partial charge in [0.2, 0.25) is 10.9 Å². The van der Waals surface area contributed by atoms with Crippen molar-refractivity contribution in [2.45, 2.75) is 11.7 Å². The van der Waals surface area contributed by atoms with Crippen LogP contribution in [0.15, 0.2) is 53.7 Å². The number of thiazole rings is 1.